The highest BCUT2D eigenvalue weighted by atomic mass is 19.2. The number of carbonyl (C=O) groups excluding carboxylic acids is 2. The summed E-state index contributed by atoms with van der Waals surface area (Å²) in [6.07, 6.45) is 0. The van der Waals surface area contributed by atoms with Gasteiger partial charge in [-0.2, -0.15) is 0 Å². The molecular weight excluding hydrogens is 328 g/mol. The van der Waals surface area contributed by atoms with Crippen LogP contribution >= 0.6 is 0 Å². The molecule has 0 heterocycles. The Labute approximate surface area is 134 Å². The molecule has 2 aromatic rings. The van der Waals surface area contributed by atoms with E-state index in [-0.39, 0.29) is 11.1 Å². The largest absolute Gasteiger partial charge is 0.357 e. The fourth-order valence-corrected chi connectivity index (χ4v) is 2.04. The third-order valence-electron chi connectivity index (χ3n) is 3.19. The van der Waals surface area contributed by atoms with Gasteiger partial charge in [0.05, 0.1) is 0 Å². The van der Waals surface area contributed by atoms with Gasteiger partial charge in [0.2, 0.25) is 5.91 Å². The van der Waals surface area contributed by atoms with Gasteiger partial charge >= 0.3 is 0 Å². The SMILES string of the molecule is CNC(=O)[C@H](NC(=O)c1cc(F)cc(F)c1)c1ccc(F)c(F)c1. The first-order valence-corrected chi connectivity index (χ1v) is 6.75. The van der Waals surface area contributed by atoms with Crippen molar-refractivity contribution in [3.05, 3.63) is 70.8 Å². The second-order valence-corrected chi connectivity index (χ2v) is 4.85. The Hall–Kier alpha value is -2.90. The van der Waals surface area contributed by atoms with Crippen molar-refractivity contribution in [2.24, 2.45) is 0 Å². The molecule has 0 aliphatic heterocycles. The Morgan fingerprint density at radius 3 is 2.08 bits per heavy atom. The summed E-state index contributed by atoms with van der Waals surface area (Å²) in [5, 5.41) is 4.49. The van der Waals surface area contributed by atoms with Crippen LogP contribution in [0.15, 0.2) is 36.4 Å². The Bertz CT molecular complexity index is 775. The second kappa shape index (κ2) is 7.12. The second-order valence-electron chi connectivity index (χ2n) is 4.85. The van der Waals surface area contributed by atoms with Crippen molar-refractivity contribution in [1.29, 1.82) is 0 Å². The van der Waals surface area contributed by atoms with Gasteiger partial charge in [-0.15, -0.1) is 0 Å². The van der Waals surface area contributed by atoms with E-state index in [0.29, 0.717) is 6.07 Å². The molecule has 1 atom stereocenters. The number of likely N-dealkylation sites (N-methyl/N-ethyl adjacent to an activating group) is 1. The third kappa shape index (κ3) is 3.89. The zero-order valence-electron chi connectivity index (χ0n) is 12.4. The minimum atomic E-state index is -1.37. The Kier molecular flexibility index (Phi) is 5.18. The van der Waals surface area contributed by atoms with E-state index in [1.165, 1.54) is 7.05 Å². The van der Waals surface area contributed by atoms with Gasteiger partial charge in [0, 0.05) is 18.7 Å². The van der Waals surface area contributed by atoms with E-state index < -0.39 is 41.1 Å². The van der Waals surface area contributed by atoms with Crippen LogP contribution in [-0.4, -0.2) is 18.9 Å². The molecule has 8 heteroatoms. The fourth-order valence-electron chi connectivity index (χ4n) is 2.04. The van der Waals surface area contributed by atoms with Crippen molar-refractivity contribution in [2.75, 3.05) is 7.05 Å². The highest BCUT2D eigenvalue weighted by Crippen LogP contribution is 2.18. The van der Waals surface area contributed by atoms with Crippen LogP contribution in [0.3, 0.4) is 0 Å². The summed E-state index contributed by atoms with van der Waals surface area (Å²) in [6, 6.07) is 3.45. The average molecular weight is 340 g/mol. The van der Waals surface area contributed by atoms with Crippen LogP contribution in [0, 0.1) is 23.3 Å². The quantitative estimate of drug-likeness (QED) is 0.840. The lowest BCUT2D eigenvalue weighted by Crippen LogP contribution is -2.39. The van der Waals surface area contributed by atoms with E-state index in [4.69, 9.17) is 0 Å². The van der Waals surface area contributed by atoms with E-state index in [1.54, 1.807) is 0 Å². The number of hydrogen-bond acceptors (Lipinski definition) is 2. The molecular formula is C16H12F4N2O2. The van der Waals surface area contributed by atoms with Crippen LogP contribution in [0.2, 0.25) is 0 Å². The molecule has 0 aliphatic carbocycles. The predicted octanol–water partition coefficient (Wildman–Crippen LogP) is 2.46. The lowest BCUT2D eigenvalue weighted by molar-refractivity contribution is -0.122. The third-order valence-corrected chi connectivity index (χ3v) is 3.19. The number of rotatable bonds is 4. The van der Waals surface area contributed by atoms with Crippen LogP contribution in [0.5, 0.6) is 0 Å². The Balaban J connectivity index is 2.33. The van der Waals surface area contributed by atoms with Gasteiger partial charge in [0.25, 0.3) is 5.91 Å². The molecule has 0 radical (unpaired) electrons. The van der Waals surface area contributed by atoms with Gasteiger partial charge < -0.3 is 10.6 Å². The van der Waals surface area contributed by atoms with Crippen LogP contribution in [-0.2, 0) is 4.79 Å². The van der Waals surface area contributed by atoms with Crippen molar-refractivity contribution < 1.29 is 27.2 Å². The van der Waals surface area contributed by atoms with E-state index >= 15 is 0 Å². The number of halogens is 4. The Morgan fingerprint density at radius 1 is 0.917 bits per heavy atom. The minimum Gasteiger partial charge on any atom is -0.357 e. The summed E-state index contributed by atoms with van der Waals surface area (Å²) in [7, 11) is 1.28. The summed E-state index contributed by atoms with van der Waals surface area (Å²) >= 11 is 0. The number of hydrogen-bond donors (Lipinski definition) is 2. The molecule has 0 bridgehead atoms. The lowest BCUT2D eigenvalue weighted by Gasteiger charge is -2.18. The predicted molar refractivity (Wildman–Crippen MR) is 77.0 cm³/mol. The molecule has 0 saturated heterocycles. The fraction of sp³-hybridized carbons (Fsp3) is 0.125. The highest BCUT2D eigenvalue weighted by molar-refractivity contribution is 5.97. The normalized spacial score (nSPS) is 11.7. The van der Waals surface area contributed by atoms with Crippen molar-refractivity contribution in [2.45, 2.75) is 6.04 Å². The molecule has 0 aromatic heterocycles. The molecule has 24 heavy (non-hydrogen) atoms. The van der Waals surface area contributed by atoms with Crippen molar-refractivity contribution >= 4 is 11.8 Å². The molecule has 4 nitrogen and oxygen atoms in total. The van der Waals surface area contributed by atoms with Gasteiger partial charge in [0.1, 0.15) is 17.7 Å². The number of benzene rings is 2. The molecule has 0 aliphatic rings. The minimum absolute atomic E-state index is 0.0292. The zero-order chi connectivity index (χ0) is 17.9. The van der Waals surface area contributed by atoms with E-state index in [0.717, 1.165) is 30.3 Å². The maximum absolute atomic E-state index is 13.4. The molecule has 2 N–H and O–H groups in total. The molecule has 2 amide bonds. The van der Waals surface area contributed by atoms with Crippen LogP contribution < -0.4 is 10.6 Å². The summed E-state index contributed by atoms with van der Waals surface area (Å²) < 4.78 is 52.7. The van der Waals surface area contributed by atoms with Crippen molar-refractivity contribution in [1.82, 2.24) is 10.6 Å². The van der Waals surface area contributed by atoms with Crippen molar-refractivity contribution in [3.8, 4) is 0 Å². The smallest absolute Gasteiger partial charge is 0.252 e. The monoisotopic (exact) mass is 340 g/mol. The summed E-state index contributed by atoms with van der Waals surface area (Å²) in [4.78, 5) is 24.0. The van der Waals surface area contributed by atoms with E-state index in [1.807, 2.05) is 0 Å². The standard InChI is InChI=1S/C16H12F4N2O2/c1-21-16(24)14(8-2-3-12(19)13(20)6-8)22-15(23)9-4-10(17)7-11(18)5-9/h2-7,14H,1H3,(H,21,24)(H,22,23)/t14-/m1/s1. The summed E-state index contributed by atoms with van der Waals surface area (Å²) in [5.74, 6) is -5.92. The van der Waals surface area contributed by atoms with Gasteiger partial charge in [-0.1, -0.05) is 6.07 Å². The number of amides is 2. The summed E-state index contributed by atoms with van der Waals surface area (Å²) in [6.45, 7) is 0. The molecule has 126 valence electrons. The maximum atomic E-state index is 13.4. The van der Waals surface area contributed by atoms with E-state index in [9.17, 15) is 27.2 Å². The first kappa shape index (κ1) is 17.5. The van der Waals surface area contributed by atoms with Gasteiger partial charge in [-0.05, 0) is 29.8 Å². The van der Waals surface area contributed by atoms with Gasteiger partial charge in [-0.3, -0.25) is 9.59 Å². The molecule has 2 aromatic carbocycles. The highest BCUT2D eigenvalue weighted by Gasteiger charge is 2.24. The maximum Gasteiger partial charge on any atom is 0.252 e. The number of carbonyl (C=O) groups is 2. The first-order chi connectivity index (χ1) is 11.3. The number of nitrogens with one attached hydrogen (secondary N) is 2. The molecule has 0 saturated carbocycles. The Morgan fingerprint density at radius 2 is 1.54 bits per heavy atom. The van der Waals surface area contributed by atoms with Crippen LogP contribution in [0.1, 0.15) is 22.0 Å². The van der Waals surface area contributed by atoms with Crippen molar-refractivity contribution in [3.63, 3.8) is 0 Å². The van der Waals surface area contributed by atoms with Gasteiger partial charge in [0.15, 0.2) is 11.6 Å². The average Bonchev–Trinajstić information content (AvgIpc) is 2.53. The zero-order valence-corrected chi connectivity index (χ0v) is 12.4. The van der Waals surface area contributed by atoms with E-state index in [2.05, 4.69) is 10.6 Å². The molecule has 0 unspecified atom stereocenters. The summed E-state index contributed by atoms with van der Waals surface area (Å²) in [5.41, 5.74) is -0.387. The molecule has 2 rings (SSSR count). The van der Waals surface area contributed by atoms with Crippen LogP contribution in [0.25, 0.3) is 0 Å². The van der Waals surface area contributed by atoms with Crippen LogP contribution in [0.4, 0.5) is 17.6 Å². The first-order valence-electron chi connectivity index (χ1n) is 6.75. The molecule has 0 spiro atoms. The molecule has 0 fully saturated rings. The lowest BCUT2D eigenvalue weighted by atomic mass is 10.0. The topological polar surface area (TPSA) is 58.2 Å². The van der Waals surface area contributed by atoms with Gasteiger partial charge in [-0.25, -0.2) is 17.6 Å².